The van der Waals surface area contributed by atoms with Gasteiger partial charge in [-0.05, 0) is 146 Å². The van der Waals surface area contributed by atoms with Crippen molar-refractivity contribution in [3.8, 4) is 0 Å². The molecule has 288 valence electrons. The number of aliphatic hydroxyl groups is 3. The van der Waals surface area contributed by atoms with E-state index < -0.39 is 30.6 Å². The third-order valence-corrected chi connectivity index (χ3v) is 11.6. The third kappa shape index (κ3) is 17.3. The number of unbranched alkanes of at least 4 members (excludes halogenated alkanes) is 1. The second kappa shape index (κ2) is 23.5. The van der Waals surface area contributed by atoms with E-state index in [0.29, 0.717) is 37.0 Å². The molecule has 9 heteroatoms. The van der Waals surface area contributed by atoms with Gasteiger partial charge in [-0.1, -0.05) is 58.6 Å². The van der Waals surface area contributed by atoms with Gasteiger partial charge in [0.05, 0.1) is 24.3 Å². The van der Waals surface area contributed by atoms with E-state index in [4.69, 9.17) is 16.2 Å². The molecule has 0 saturated heterocycles. The Morgan fingerprint density at radius 3 is 2.24 bits per heavy atom. The molecule has 2 rings (SSSR count). The van der Waals surface area contributed by atoms with Crippen molar-refractivity contribution in [1.29, 1.82) is 0 Å². The maximum absolute atomic E-state index is 13.6. The fourth-order valence-corrected chi connectivity index (χ4v) is 7.98. The Morgan fingerprint density at radius 2 is 1.63 bits per heavy atom. The molecular formula is C40H78N4O5. The molecule has 0 aromatic heterocycles. The van der Waals surface area contributed by atoms with E-state index in [0.717, 1.165) is 94.2 Å². The summed E-state index contributed by atoms with van der Waals surface area (Å²) in [7, 11) is 0. The first-order chi connectivity index (χ1) is 23.2. The smallest absolute Gasteiger partial charge is 0.249 e. The number of hydrogen-bond acceptors (Lipinski definition) is 8. The molecule has 0 radical (unpaired) electrons. The summed E-state index contributed by atoms with van der Waals surface area (Å²) in [5, 5.41) is 37.9. The summed E-state index contributed by atoms with van der Waals surface area (Å²) in [5.74, 6) is 3.42. The van der Waals surface area contributed by atoms with E-state index in [2.05, 4.69) is 58.3 Å². The molecule has 2 saturated carbocycles. The van der Waals surface area contributed by atoms with Gasteiger partial charge in [-0.25, -0.2) is 0 Å². The van der Waals surface area contributed by atoms with E-state index in [1.165, 1.54) is 19.3 Å². The molecule has 10 atom stereocenters. The Kier molecular flexibility index (Phi) is 21.1. The highest BCUT2D eigenvalue weighted by molar-refractivity contribution is 5.81. The average molecular weight is 695 g/mol. The number of ether oxygens (including phenoxy) is 1. The SMILES string of the molecule is CCNCCCC(CC1C(C)C1CCC=C(C)CC(NC(=O)C(CCCCC(C)C)OC(O)C(N)CC1CCC(O)CC1)C(C)O)C(C)N. The number of nitrogens with one attached hydrogen (secondary N) is 2. The molecule has 9 nitrogen and oxygen atoms in total. The summed E-state index contributed by atoms with van der Waals surface area (Å²) in [4.78, 5) is 13.6. The Labute approximate surface area is 300 Å². The predicted molar refractivity (Wildman–Crippen MR) is 202 cm³/mol. The topological polar surface area (TPSA) is 163 Å². The van der Waals surface area contributed by atoms with E-state index in [9.17, 15) is 20.1 Å². The standard InChI is InChI=1S/C40H78N4O5/c1-8-43-22-12-15-32(29(6)41)25-35-28(5)34(35)16-11-14-27(4)23-37(30(7)45)44-39(47)38(17-10-9-13-26(2)3)49-40(48)36(42)24-31-18-20-33(46)21-19-31/h14,26,28-38,40,43,45-46,48H,8-13,15-25,41-42H2,1-7H3,(H,44,47). The number of hydrogen-bond donors (Lipinski definition) is 7. The molecule has 0 aromatic carbocycles. The zero-order valence-corrected chi connectivity index (χ0v) is 32.4. The van der Waals surface area contributed by atoms with Crippen LogP contribution in [0.2, 0.25) is 0 Å². The third-order valence-electron chi connectivity index (χ3n) is 11.6. The molecule has 0 aliphatic heterocycles. The molecule has 2 fully saturated rings. The second-order valence-electron chi connectivity index (χ2n) is 16.5. The first-order valence-electron chi connectivity index (χ1n) is 20.1. The van der Waals surface area contributed by atoms with Gasteiger partial charge in [0.1, 0.15) is 6.10 Å². The first kappa shape index (κ1) is 44.1. The minimum Gasteiger partial charge on any atom is -0.393 e. The van der Waals surface area contributed by atoms with Gasteiger partial charge in [-0.15, -0.1) is 0 Å². The van der Waals surface area contributed by atoms with Crippen molar-refractivity contribution in [2.75, 3.05) is 13.1 Å². The predicted octanol–water partition coefficient (Wildman–Crippen LogP) is 5.78. The summed E-state index contributed by atoms with van der Waals surface area (Å²) in [6, 6.07) is -0.829. The molecule has 49 heavy (non-hydrogen) atoms. The molecule has 0 spiro atoms. The fourth-order valence-electron chi connectivity index (χ4n) is 7.98. The number of amides is 1. The highest BCUT2D eigenvalue weighted by Gasteiger charge is 2.46. The van der Waals surface area contributed by atoms with Gasteiger partial charge in [0.15, 0.2) is 6.29 Å². The van der Waals surface area contributed by atoms with E-state index in [1.807, 2.05) is 0 Å². The first-order valence-corrected chi connectivity index (χ1v) is 20.1. The van der Waals surface area contributed by atoms with Crippen LogP contribution in [0.1, 0.15) is 145 Å². The number of carbonyl (C=O) groups is 1. The maximum Gasteiger partial charge on any atom is 0.249 e. The van der Waals surface area contributed by atoms with Gasteiger partial charge < -0.3 is 42.2 Å². The summed E-state index contributed by atoms with van der Waals surface area (Å²) >= 11 is 0. The number of aliphatic hydroxyl groups excluding tert-OH is 3. The van der Waals surface area contributed by atoms with Crippen LogP contribution in [0.25, 0.3) is 0 Å². The van der Waals surface area contributed by atoms with Crippen LogP contribution in [0, 0.1) is 35.5 Å². The Balaban J connectivity index is 1.91. The van der Waals surface area contributed by atoms with Crippen LogP contribution in [0.3, 0.4) is 0 Å². The van der Waals surface area contributed by atoms with Crippen LogP contribution in [0.15, 0.2) is 11.6 Å². The normalized spacial score (nSPS) is 27.3. The quantitative estimate of drug-likeness (QED) is 0.0340. The van der Waals surface area contributed by atoms with Crippen molar-refractivity contribution in [1.82, 2.24) is 10.6 Å². The van der Waals surface area contributed by atoms with E-state index in [-0.39, 0.29) is 18.1 Å². The molecular weight excluding hydrogens is 616 g/mol. The molecule has 2 aliphatic rings. The Morgan fingerprint density at radius 1 is 0.959 bits per heavy atom. The van der Waals surface area contributed by atoms with Gasteiger partial charge in [0.25, 0.3) is 0 Å². The largest absolute Gasteiger partial charge is 0.393 e. The summed E-state index contributed by atoms with van der Waals surface area (Å²) in [6.45, 7) is 16.9. The number of carbonyl (C=O) groups excluding carboxylic acids is 1. The Bertz CT molecular complexity index is 922. The van der Waals surface area contributed by atoms with Gasteiger partial charge in [0, 0.05) is 6.04 Å². The molecule has 10 unspecified atom stereocenters. The lowest BCUT2D eigenvalue weighted by Gasteiger charge is -2.31. The summed E-state index contributed by atoms with van der Waals surface area (Å²) in [6.07, 6.45) is 12.7. The highest BCUT2D eigenvalue weighted by atomic mass is 16.6. The fraction of sp³-hybridized carbons (Fsp3) is 0.925. The van der Waals surface area contributed by atoms with Crippen LogP contribution in [-0.2, 0) is 9.53 Å². The maximum atomic E-state index is 13.6. The van der Waals surface area contributed by atoms with Crippen LogP contribution in [0.5, 0.6) is 0 Å². The summed E-state index contributed by atoms with van der Waals surface area (Å²) < 4.78 is 5.98. The van der Waals surface area contributed by atoms with Gasteiger partial charge >= 0.3 is 0 Å². The number of rotatable bonds is 26. The molecule has 1 amide bonds. The second-order valence-corrected chi connectivity index (χ2v) is 16.5. The van der Waals surface area contributed by atoms with Crippen LogP contribution in [0.4, 0.5) is 0 Å². The molecule has 0 aromatic rings. The number of nitrogens with two attached hydrogens (primary N) is 2. The lowest BCUT2D eigenvalue weighted by atomic mass is 9.83. The zero-order chi connectivity index (χ0) is 36.5. The monoisotopic (exact) mass is 695 g/mol. The van der Waals surface area contributed by atoms with Gasteiger partial charge in [0.2, 0.25) is 5.91 Å². The van der Waals surface area contributed by atoms with Crippen LogP contribution >= 0.6 is 0 Å². The zero-order valence-electron chi connectivity index (χ0n) is 32.4. The lowest BCUT2D eigenvalue weighted by molar-refractivity contribution is -0.170. The van der Waals surface area contributed by atoms with E-state index in [1.54, 1.807) is 6.92 Å². The van der Waals surface area contributed by atoms with Crippen molar-refractivity contribution in [2.24, 2.45) is 47.0 Å². The van der Waals surface area contributed by atoms with Crippen molar-refractivity contribution in [2.45, 2.75) is 188 Å². The lowest BCUT2D eigenvalue weighted by Crippen LogP contribution is -2.50. The van der Waals surface area contributed by atoms with Crippen molar-refractivity contribution >= 4 is 5.91 Å². The van der Waals surface area contributed by atoms with Crippen molar-refractivity contribution < 1.29 is 24.9 Å². The minimum atomic E-state index is -1.26. The number of allylic oxidation sites excluding steroid dienone is 1. The van der Waals surface area contributed by atoms with E-state index >= 15 is 0 Å². The minimum absolute atomic E-state index is 0.229. The van der Waals surface area contributed by atoms with Crippen molar-refractivity contribution in [3.05, 3.63) is 11.6 Å². The van der Waals surface area contributed by atoms with Crippen molar-refractivity contribution in [3.63, 3.8) is 0 Å². The molecule has 9 N–H and O–H groups in total. The summed E-state index contributed by atoms with van der Waals surface area (Å²) in [5.41, 5.74) is 13.9. The Hall–Kier alpha value is -1.07. The van der Waals surface area contributed by atoms with Gasteiger partial charge in [-0.2, -0.15) is 0 Å². The van der Waals surface area contributed by atoms with Gasteiger partial charge in [-0.3, -0.25) is 4.79 Å². The molecule has 0 heterocycles. The molecule has 2 aliphatic carbocycles. The van der Waals surface area contributed by atoms with Crippen LogP contribution < -0.4 is 22.1 Å². The van der Waals surface area contributed by atoms with Crippen LogP contribution in [-0.4, -0.2) is 77.0 Å². The average Bonchev–Trinajstić information content (AvgIpc) is 3.65. The molecule has 0 bridgehead atoms. The highest BCUT2D eigenvalue weighted by Crippen LogP contribution is 2.53.